The normalized spacial score (nSPS) is 12.4. The van der Waals surface area contributed by atoms with Gasteiger partial charge in [-0.3, -0.25) is 4.79 Å². The van der Waals surface area contributed by atoms with Crippen LogP contribution in [0.25, 0.3) is 10.2 Å². The van der Waals surface area contributed by atoms with Crippen LogP contribution in [0.2, 0.25) is 0 Å². The Kier molecular flexibility index (Phi) is 4.04. The van der Waals surface area contributed by atoms with Crippen molar-refractivity contribution in [2.75, 3.05) is 11.9 Å². The van der Waals surface area contributed by atoms with Crippen LogP contribution in [0, 0.1) is 0 Å². The molecule has 0 bridgehead atoms. The first-order valence-electron chi connectivity index (χ1n) is 5.58. The molecule has 1 aromatic carbocycles. The molecule has 1 heterocycles. The van der Waals surface area contributed by atoms with Gasteiger partial charge in [0.25, 0.3) is 0 Å². The number of hydrogen-bond acceptors (Lipinski definition) is 4. The molecule has 0 aliphatic rings. The second-order valence-electron chi connectivity index (χ2n) is 3.69. The highest BCUT2D eigenvalue weighted by molar-refractivity contribution is 7.22. The number of nitrogens with one attached hydrogen (secondary N) is 1. The first-order chi connectivity index (χ1) is 8.60. The molecule has 0 radical (unpaired) electrons. The fraction of sp³-hybridized carbons (Fsp3) is 0.333. The number of hydrogen-bond donors (Lipinski definition) is 1. The molecule has 2 rings (SSSR count). The zero-order valence-corrected chi connectivity index (χ0v) is 11.6. The summed E-state index contributed by atoms with van der Waals surface area (Å²) in [5, 5.41) is 2.66. The maximum Gasteiger partial charge on any atom is 0.243 e. The van der Waals surface area contributed by atoms with E-state index in [4.69, 9.17) is 16.3 Å². The second-order valence-corrected chi connectivity index (χ2v) is 5.37. The Bertz CT molecular complexity index is 568. The fourth-order valence-corrected chi connectivity index (χ4v) is 2.37. The Morgan fingerprint density at radius 3 is 3.06 bits per heavy atom. The molecule has 1 N–H and O–H groups in total. The number of nitrogens with zero attached hydrogens (tertiary/aromatic N) is 1. The minimum absolute atomic E-state index is 0.249. The molecule has 0 saturated heterocycles. The first-order valence-corrected chi connectivity index (χ1v) is 6.83. The van der Waals surface area contributed by atoms with Gasteiger partial charge in [-0.15, -0.1) is 11.6 Å². The number of amides is 1. The molecule has 18 heavy (non-hydrogen) atoms. The highest BCUT2D eigenvalue weighted by atomic mass is 35.5. The monoisotopic (exact) mass is 284 g/mol. The Labute approximate surface area is 114 Å². The summed E-state index contributed by atoms with van der Waals surface area (Å²) in [6.45, 7) is 4.18. The van der Waals surface area contributed by atoms with Crippen LogP contribution in [-0.2, 0) is 4.79 Å². The number of carbonyl (C=O) groups excluding carboxylic acids is 1. The number of anilines is 1. The molecule has 0 saturated carbocycles. The molecular formula is C12H13ClN2O2S. The second kappa shape index (κ2) is 5.54. The molecular weight excluding hydrogens is 272 g/mol. The molecule has 0 aliphatic carbocycles. The number of aromatic nitrogens is 1. The van der Waals surface area contributed by atoms with Crippen molar-refractivity contribution in [1.29, 1.82) is 0 Å². The molecule has 0 unspecified atom stereocenters. The lowest BCUT2D eigenvalue weighted by Gasteiger charge is -2.01. The van der Waals surface area contributed by atoms with Gasteiger partial charge in [0.1, 0.15) is 11.1 Å². The molecule has 6 heteroatoms. The predicted molar refractivity (Wildman–Crippen MR) is 74.7 cm³/mol. The highest BCUT2D eigenvalue weighted by Gasteiger charge is 2.12. The van der Waals surface area contributed by atoms with E-state index in [0.29, 0.717) is 11.7 Å². The zero-order valence-electron chi connectivity index (χ0n) is 10.1. The van der Waals surface area contributed by atoms with E-state index in [9.17, 15) is 4.79 Å². The van der Waals surface area contributed by atoms with E-state index in [1.165, 1.54) is 11.3 Å². The van der Waals surface area contributed by atoms with Gasteiger partial charge in [0, 0.05) is 0 Å². The van der Waals surface area contributed by atoms with Crippen molar-refractivity contribution < 1.29 is 9.53 Å². The molecule has 2 aromatic rings. The molecule has 1 amide bonds. The molecule has 1 aromatic heterocycles. The van der Waals surface area contributed by atoms with Gasteiger partial charge in [0.05, 0.1) is 16.8 Å². The average molecular weight is 285 g/mol. The summed E-state index contributed by atoms with van der Waals surface area (Å²) in [6.07, 6.45) is 0. The molecule has 0 fully saturated rings. The van der Waals surface area contributed by atoms with Gasteiger partial charge >= 0.3 is 0 Å². The number of ether oxygens (including phenoxy) is 1. The minimum atomic E-state index is -0.573. The summed E-state index contributed by atoms with van der Waals surface area (Å²) in [5.41, 5.74) is 0.834. The Balaban J connectivity index is 2.24. The van der Waals surface area contributed by atoms with Crippen molar-refractivity contribution in [3.05, 3.63) is 18.2 Å². The molecule has 96 valence electrons. The van der Waals surface area contributed by atoms with E-state index < -0.39 is 5.38 Å². The number of carbonyl (C=O) groups is 1. The lowest BCUT2D eigenvalue weighted by Crippen LogP contribution is -2.19. The Morgan fingerprint density at radius 1 is 1.61 bits per heavy atom. The van der Waals surface area contributed by atoms with E-state index in [1.807, 2.05) is 25.1 Å². The summed E-state index contributed by atoms with van der Waals surface area (Å²) in [6, 6.07) is 5.65. The zero-order chi connectivity index (χ0) is 13.1. The number of alkyl halides is 1. The topological polar surface area (TPSA) is 51.2 Å². The van der Waals surface area contributed by atoms with Gasteiger partial charge in [-0.1, -0.05) is 11.3 Å². The number of thiazole rings is 1. The standard InChI is InChI=1S/C12H13ClN2O2S/c1-3-17-8-4-5-9-10(6-8)18-12(14-9)15-11(16)7(2)13/h4-7H,3H2,1-2H3,(H,14,15,16)/t7-/m1/s1. The lowest BCUT2D eigenvalue weighted by molar-refractivity contribution is -0.115. The maximum absolute atomic E-state index is 11.5. The number of rotatable bonds is 4. The van der Waals surface area contributed by atoms with Crippen LogP contribution in [0.4, 0.5) is 5.13 Å². The highest BCUT2D eigenvalue weighted by Crippen LogP contribution is 2.29. The summed E-state index contributed by atoms with van der Waals surface area (Å²) in [5.74, 6) is 0.554. The number of fused-ring (bicyclic) bond motifs is 1. The van der Waals surface area contributed by atoms with E-state index in [0.717, 1.165) is 16.0 Å². The van der Waals surface area contributed by atoms with Crippen LogP contribution in [0.5, 0.6) is 5.75 Å². The lowest BCUT2D eigenvalue weighted by atomic mass is 10.3. The van der Waals surface area contributed by atoms with Crippen LogP contribution in [0.3, 0.4) is 0 Å². The third-order valence-corrected chi connectivity index (χ3v) is 3.39. The van der Waals surface area contributed by atoms with Crippen molar-refractivity contribution in [3.8, 4) is 5.75 Å². The van der Waals surface area contributed by atoms with Crippen LogP contribution in [0.1, 0.15) is 13.8 Å². The molecule has 0 aliphatic heterocycles. The van der Waals surface area contributed by atoms with E-state index in [-0.39, 0.29) is 5.91 Å². The van der Waals surface area contributed by atoms with Gasteiger partial charge in [0.15, 0.2) is 5.13 Å². The fourth-order valence-electron chi connectivity index (χ4n) is 1.42. The largest absolute Gasteiger partial charge is 0.494 e. The first kappa shape index (κ1) is 13.1. The minimum Gasteiger partial charge on any atom is -0.494 e. The summed E-state index contributed by atoms with van der Waals surface area (Å²) >= 11 is 7.09. The van der Waals surface area contributed by atoms with Crippen molar-refractivity contribution in [3.63, 3.8) is 0 Å². The third-order valence-electron chi connectivity index (χ3n) is 2.26. The van der Waals surface area contributed by atoms with Gasteiger partial charge in [0.2, 0.25) is 5.91 Å². The van der Waals surface area contributed by atoms with Gasteiger partial charge in [-0.05, 0) is 32.0 Å². The Morgan fingerprint density at radius 2 is 2.39 bits per heavy atom. The van der Waals surface area contributed by atoms with Crippen LogP contribution in [0.15, 0.2) is 18.2 Å². The molecule has 0 spiro atoms. The summed E-state index contributed by atoms with van der Waals surface area (Å²) in [4.78, 5) is 15.8. The van der Waals surface area contributed by atoms with Crippen molar-refractivity contribution in [2.45, 2.75) is 19.2 Å². The van der Waals surface area contributed by atoms with E-state index in [1.54, 1.807) is 6.92 Å². The Hall–Kier alpha value is -1.33. The maximum atomic E-state index is 11.5. The van der Waals surface area contributed by atoms with Crippen molar-refractivity contribution in [2.24, 2.45) is 0 Å². The van der Waals surface area contributed by atoms with Gasteiger partial charge in [-0.2, -0.15) is 0 Å². The van der Waals surface area contributed by atoms with Crippen LogP contribution < -0.4 is 10.1 Å². The van der Waals surface area contributed by atoms with Gasteiger partial charge in [-0.25, -0.2) is 4.98 Å². The van der Waals surface area contributed by atoms with Crippen LogP contribution >= 0.6 is 22.9 Å². The summed E-state index contributed by atoms with van der Waals surface area (Å²) < 4.78 is 6.38. The van der Waals surface area contributed by atoms with Crippen LogP contribution in [-0.4, -0.2) is 22.9 Å². The molecule has 4 nitrogen and oxygen atoms in total. The quantitative estimate of drug-likeness (QED) is 0.877. The number of benzene rings is 1. The van der Waals surface area contributed by atoms with Crippen molar-refractivity contribution in [1.82, 2.24) is 4.98 Å². The van der Waals surface area contributed by atoms with Gasteiger partial charge < -0.3 is 10.1 Å². The van der Waals surface area contributed by atoms with E-state index in [2.05, 4.69) is 10.3 Å². The smallest absolute Gasteiger partial charge is 0.243 e. The summed E-state index contributed by atoms with van der Waals surface area (Å²) in [7, 11) is 0. The average Bonchev–Trinajstić information content (AvgIpc) is 2.70. The molecule has 1 atom stereocenters. The third kappa shape index (κ3) is 2.91. The van der Waals surface area contributed by atoms with E-state index >= 15 is 0 Å². The SMILES string of the molecule is CCOc1ccc2nc(NC(=O)[C@@H](C)Cl)sc2c1. The predicted octanol–water partition coefficient (Wildman–Crippen LogP) is 3.26. The number of halogens is 1. The van der Waals surface area contributed by atoms with Crippen molar-refractivity contribution >= 4 is 44.2 Å².